The second-order valence-electron chi connectivity index (χ2n) is 4.27. The highest BCUT2D eigenvalue weighted by molar-refractivity contribution is 9.10. The Morgan fingerprint density at radius 3 is 2.68 bits per heavy atom. The van der Waals surface area contributed by atoms with E-state index in [0.29, 0.717) is 17.9 Å². The predicted octanol–water partition coefficient (Wildman–Crippen LogP) is 4.52. The minimum absolute atomic E-state index is 0.264. The average molecular weight is 324 g/mol. The van der Waals surface area contributed by atoms with Crippen LogP contribution in [0.15, 0.2) is 40.9 Å². The molecule has 2 aromatic rings. The molecule has 0 aromatic heterocycles. The van der Waals surface area contributed by atoms with Crippen molar-refractivity contribution >= 4 is 21.6 Å². The zero-order chi connectivity index (χ0) is 13.8. The number of halogens is 2. The van der Waals surface area contributed by atoms with Gasteiger partial charge in [0.25, 0.3) is 0 Å². The Balaban J connectivity index is 2.12. The molecule has 2 nitrogen and oxygen atoms in total. The smallest absolute Gasteiger partial charge is 0.131 e. The van der Waals surface area contributed by atoms with Crippen molar-refractivity contribution in [2.24, 2.45) is 0 Å². The lowest BCUT2D eigenvalue weighted by atomic mass is 10.1. The highest BCUT2D eigenvalue weighted by Gasteiger charge is 2.05. The predicted molar refractivity (Wildman–Crippen MR) is 79.2 cm³/mol. The van der Waals surface area contributed by atoms with Gasteiger partial charge < -0.3 is 10.1 Å². The van der Waals surface area contributed by atoms with Gasteiger partial charge in [0, 0.05) is 28.3 Å². The van der Waals surface area contributed by atoms with E-state index in [1.807, 2.05) is 25.1 Å². The van der Waals surface area contributed by atoms with Gasteiger partial charge in [-0.3, -0.25) is 0 Å². The Morgan fingerprint density at radius 1 is 1.21 bits per heavy atom. The lowest BCUT2D eigenvalue weighted by Crippen LogP contribution is -2.03. The summed E-state index contributed by atoms with van der Waals surface area (Å²) >= 11 is 3.43. The summed E-state index contributed by atoms with van der Waals surface area (Å²) in [5.74, 6) is 0.263. The van der Waals surface area contributed by atoms with E-state index in [2.05, 4.69) is 21.2 Å². The Labute approximate surface area is 120 Å². The van der Waals surface area contributed by atoms with Crippen LogP contribution in [0.25, 0.3) is 0 Å². The Kier molecular flexibility index (Phi) is 4.43. The summed E-state index contributed by atoms with van der Waals surface area (Å²) in [4.78, 5) is 0. The van der Waals surface area contributed by atoms with Crippen molar-refractivity contribution in [1.29, 1.82) is 0 Å². The SMILES string of the molecule is COc1ccc(CNc2cc(Br)ccc2C)c(F)c1. The Morgan fingerprint density at radius 2 is 2.00 bits per heavy atom. The molecule has 0 spiro atoms. The number of hydrogen-bond acceptors (Lipinski definition) is 2. The maximum Gasteiger partial charge on any atom is 0.131 e. The average Bonchev–Trinajstić information content (AvgIpc) is 2.40. The van der Waals surface area contributed by atoms with Crippen LogP contribution in [0.3, 0.4) is 0 Å². The second kappa shape index (κ2) is 6.06. The van der Waals surface area contributed by atoms with Crippen molar-refractivity contribution in [3.63, 3.8) is 0 Å². The largest absolute Gasteiger partial charge is 0.497 e. The number of aryl methyl sites for hydroxylation is 1. The van der Waals surface area contributed by atoms with Gasteiger partial charge in [-0.2, -0.15) is 0 Å². The van der Waals surface area contributed by atoms with Crippen LogP contribution in [0.2, 0.25) is 0 Å². The van der Waals surface area contributed by atoms with Crippen molar-refractivity contribution < 1.29 is 9.13 Å². The molecule has 0 radical (unpaired) electrons. The zero-order valence-corrected chi connectivity index (χ0v) is 12.4. The van der Waals surface area contributed by atoms with Crippen LogP contribution in [0.1, 0.15) is 11.1 Å². The molecule has 0 saturated heterocycles. The van der Waals surface area contributed by atoms with Gasteiger partial charge in [-0.1, -0.05) is 28.1 Å². The van der Waals surface area contributed by atoms with E-state index >= 15 is 0 Å². The second-order valence-corrected chi connectivity index (χ2v) is 5.19. The van der Waals surface area contributed by atoms with Crippen molar-refractivity contribution in [3.8, 4) is 5.75 Å². The number of hydrogen-bond donors (Lipinski definition) is 1. The van der Waals surface area contributed by atoms with Crippen LogP contribution >= 0.6 is 15.9 Å². The van der Waals surface area contributed by atoms with E-state index in [4.69, 9.17) is 4.74 Å². The minimum Gasteiger partial charge on any atom is -0.497 e. The van der Waals surface area contributed by atoms with Crippen molar-refractivity contribution in [3.05, 3.63) is 57.8 Å². The summed E-state index contributed by atoms with van der Waals surface area (Å²) in [6.07, 6.45) is 0. The van der Waals surface area contributed by atoms with Crippen molar-refractivity contribution in [2.45, 2.75) is 13.5 Å². The fourth-order valence-electron chi connectivity index (χ4n) is 1.77. The Bertz CT molecular complexity index is 586. The number of rotatable bonds is 4. The fourth-order valence-corrected chi connectivity index (χ4v) is 2.13. The molecule has 0 saturated carbocycles. The molecule has 4 heteroatoms. The monoisotopic (exact) mass is 323 g/mol. The zero-order valence-electron chi connectivity index (χ0n) is 10.8. The molecule has 19 heavy (non-hydrogen) atoms. The number of anilines is 1. The van der Waals surface area contributed by atoms with Gasteiger partial charge in [0.15, 0.2) is 0 Å². The molecular weight excluding hydrogens is 309 g/mol. The van der Waals surface area contributed by atoms with Gasteiger partial charge in [-0.15, -0.1) is 0 Å². The quantitative estimate of drug-likeness (QED) is 0.893. The Hall–Kier alpha value is -1.55. The molecule has 0 fully saturated rings. The van der Waals surface area contributed by atoms with Gasteiger partial charge in [-0.25, -0.2) is 4.39 Å². The third-order valence-electron chi connectivity index (χ3n) is 2.93. The topological polar surface area (TPSA) is 21.3 Å². The van der Waals surface area contributed by atoms with E-state index in [-0.39, 0.29) is 5.82 Å². The molecule has 0 unspecified atom stereocenters. The van der Waals surface area contributed by atoms with Gasteiger partial charge in [-0.05, 0) is 30.7 Å². The maximum absolute atomic E-state index is 13.8. The van der Waals surface area contributed by atoms with Crippen LogP contribution in [0, 0.1) is 12.7 Å². The first-order valence-corrected chi connectivity index (χ1v) is 6.72. The number of ether oxygens (including phenoxy) is 1. The summed E-state index contributed by atoms with van der Waals surface area (Å²) in [6.45, 7) is 2.45. The van der Waals surface area contributed by atoms with E-state index in [1.165, 1.54) is 13.2 Å². The van der Waals surface area contributed by atoms with Gasteiger partial charge in [0.1, 0.15) is 11.6 Å². The minimum atomic E-state index is -0.264. The summed E-state index contributed by atoms with van der Waals surface area (Å²) < 4.78 is 19.8. The molecule has 2 rings (SSSR count). The van der Waals surface area contributed by atoms with Gasteiger partial charge in [0.05, 0.1) is 7.11 Å². The summed E-state index contributed by atoms with van der Waals surface area (Å²) in [5, 5.41) is 3.24. The number of nitrogens with one attached hydrogen (secondary N) is 1. The number of benzene rings is 2. The van der Waals surface area contributed by atoms with Crippen LogP contribution < -0.4 is 10.1 Å². The first-order valence-electron chi connectivity index (χ1n) is 5.92. The van der Waals surface area contributed by atoms with E-state index in [9.17, 15) is 4.39 Å². The highest BCUT2D eigenvalue weighted by Crippen LogP contribution is 2.22. The van der Waals surface area contributed by atoms with Crippen molar-refractivity contribution in [1.82, 2.24) is 0 Å². The third-order valence-corrected chi connectivity index (χ3v) is 3.42. The fraction of sp³-hybridized carbons (Fsp3) is 0.200. The summed E-state index contributed by atoms with van der Waals surface area (Å²) in [5.41, 5.74) is 2.72. The molecule has 2 aromatic carbocycles. The molecule has 100 valence electrons. The van der Waals surface area contributed by atoms with Crippen LogP contribution in [0.4, 0.5) is 10.1 Å². The lowest BCUT2D eigenvalue weighted by Gasteiger charge is -2.11. The molecule has 0 heterocycles. The molecule has 0 amide bonds. The first-order chi connectivity index (χ1) is 9.10. The van der Waals surface area contributed by atoms with Gasteiger partial charge in [0.2, 0.25) is 0 Å². The molecule has 0 bridgehead atoms. The van der Waals surface area contributed by atoms with Crippen molar-refractivity contribution in [2.75, 3.05) is 12.4 Å². The van der Waals surface area contributed by atoms with Crippen LogP contribution in [0.5, 0.6) is 5.75 Å². The molecule has 0 aliphatic carbocycles. The molecule has 1 N–H and O–H groups in total. The molecular formula is C15H15BrFNO. The molecule has 0 aliphatic heterocycles. The molecule has 0 atom stereocenters. The first kappa shape index (κ1) is 13.9. The third kappa shape index (κ3) is 3.47. The summed E-state index contributed by atoms with van der Waals surface area (Å²) in [7, 11) is 1.53. The summed E-state index contributed by atoms with van der Waals surface area (Å²) in [6, 6.07) is 10.9. The van der Waals surface area contributed by atoms with E-state index < -0.39 is 0 Å². The van der Waals surface area contributed by atoms with Crippen LogP contribution in [-0.4, -0.2) is 7.11 Å². The standard InChI is InChI=1S/C15H15BrFNO/c1-10-3-5-12(16)7-15(10)18-9-11-4-6-13(19-2)8-14(11)17/h3-8,18H,9H2,1-2H3. The highest BCUT2D eigenvalue weighted by atomic mass is 79.9. The van der Waals surface area contributed by atoms with Crippen LogP contribution in [-0.2, 0) is 6.54 Å². The number of methoxy groups -OCH3 is 1. The van der Waals surface area contributed by atoms with E-state index in [1.54, 1.807) is 12.1 Å². The molecule has 0 aliphatic rings. The maximum atomic E-state index is 13.8. The van der Waals surface area contributed by atoms with E-state index in [0.717, 1.165) is 15.7 Å². The van der Waals surface area contributed by atoms with Gasteiger partial charge >= 0.3 is 0 Å². The lowest BCUT2D eigenvalue weighted by molar-refractivity contribution is 0.411. The normalized spacial score (nSPS) is 10.3.